The summed E-state index contributed by atoms with van der Waals surface area (Å²) >= 11 is 0. The first-order valence-electron chi connectivity index (χ1n) is 6.46. The first kappa shape index (κ1) is 12.3. The summed E-state index contributed by atoms with van der Waals surface area (Å²) in [7, 11) is 0. The van der Waals surface area contributed by atoms with Crippen molar-refractivity contribution in [3.05, 3.63) is 17.5 Å². The highest BCUT2D eigenvalue weighted by Gasteiger charge is 2.21. The lowest BCUT2D eigenvalue weighted by atomic mass is 9.83. The third-order valence-electron chi connectivity index (χ3n) is 3.36. The normalized spacial score (nSPS) is 17.6. The van der Waals surface area contributed by atoms with Crippen molar-refractivity contribution in [2.45, 2.75) is 51.6 Å². The molecule has 0 bridgehead atoms. The van der Waals surface area contributed by atoms with Crippen LogP contribution in [0.4, 0.5) is 5.95 Å². The molecular formula is C13H21N3O. The van der Waals surface area contributed by atoms with Gasteiger partial charge in [-0.1, -0.05) is 13.3 Å². The molecule has 1 saturated carbocycles. The van der Waals surface area contributed by atoms with Crippen LogP contribution in [0.2, 0.25) is 0 Å². The zero-order chi connectivity index (χ0) is 12.3. The van der Waals surface area contributed by atoms with Crippen molar-refractivity contribution in [2.24, 2.45) is 0 Å². The van der Waals surface area contributed by atoms with E-state index in [1.54, 1.807) is 0 Å². The van der Waals surface area contributed by atoms with E-state index in [4.69, 9.17) is 0 Å². The third kappa shape index (κ3) is 3.16. The number of aliphatic hydroxyl groups is 1. The van der Waals surface area contributed by atoms with E-state index >= 15 is 0 Å². The van der Waals surface area contributed by atoms with E-state index in [2.05, 4.69) is 21.4 Å². The number of hydrogen-bond donors (Lipinski definition) is 2. The molecule has 2 N–H and O–H groups in total. The summed E-state index contributed by atoms with van der Waals surface area (Å²) in [5.41, 5.74) is 2.15. The minimum atomic E-state index is -0.328. The molecule has 0 saturated heterocycles. The lowest BCUT2D eigenvalue weighted by Crippen LogP contribution is -2.20. The number of nitrogens with one attached hydrogen (secondary N) is 1. The Labute approximate surface area is 102 Å². The van der Waals surface area contributed by atoms with Gasteiger partial charge < -0.3 is 10.4 Å². The van der Waals surface area contributed by atoms with Crippen LogP contribution in [0.5, 0.6) is 0 Å². The van der Waals surface area contributed by atoms with Crippen LogP contribution in [0, 0.1) is 6.92 Å². The topological polar surface area (TPSA) is 58.0 Å². The second kappa shape index (κ2) is 5.45. The Morgan fingerprint density at radius 2 is 2.24 bits per heavy atom. The molecule has 0 radical (unpaired) electrons. The summed E-state index contributed by atoms with van der Waals surface area (Å²) in [5, 5.41) is 12.6. The molecule has 1 aliphatic carbocycles. The monoisotopic (exact) mass is 235 g/mol. The molecule has 4 nitrogen and oxygen atoms in total. The molecule has 1 fully saturated rings. The van der Waals surface area contributed by atoms with Crippen molar-refractivity contribution in [3.63, 3.8) is 0 Å². The number of anilines is 1. The molecule has 4 heteroatoms. The van der Waals surface area contributed by atoms with Gasteiger partial charge in [0.25, 0.3) is 0 Å². The summed E-state index contributed by atoms with van der Waals surface area (Å²) in [5.74, 6) is 1.27. The second-order valence-electron chi connectivity index (χ2n) is 4.83. The van der Waals surface area contributed by atoms with Gasteiger partial charge in [0.05, 0.1) is 6.10 Å². The van der Waals surface area contributed by atoms with E-state index in [1.165, 1.54) is 19.3 Å². The SMILES string of the molecule is CCC(O)CNc1nc(C)cc(C2CCC2)n1. The Bertz CT molecular complexity index is 377. The fourth-order valence-electron chi connectivity index (χ4n) is 1.94. The zero-order valence-electron chi connectivity index (χ0n) is 10.6. The summed E-state index contributed by atoms with van der Waals surface area (Å²) in [4.78, 5) is 8.88. The minimum absolute atomic E-state index is 0.328. The molecule has 0 spiro atoms. The molecular weight excluding hydrogens is 214 g/mol. The second-order valence-corrected chi connectivity index (χ2v) is 4.83. The van der Waals surface area contributed by atoms with Crippen molar-refractivity contribution < 1.29 is 5.11 Å². The Hall–Kier alpha value is -1.16. The van der Waals surface area contributed by atoms with Crippen LogP contribution >= 0.6 is 0 Å². The average Bonchev–Trinajstić information content (AvgIpc) is 2.22. The lowest BCUT2D eigenvalue weighted by Gasteiger charge is -2.25. The largest absolute Gasteiger partial charge is 0.391 e. The maximum atomic E-state index is 9.51. The molecule has 0 aromatic carbocycles. The van der Waals surface area contributed by atoms with E-state index in [9.17, 15) is 5.11 Å². The summed E-state index contributed by atoms with van der Waals surface area (Å²) < 4.78 is 0. The predicted molar refractivity (Wildman–Crippen MR) is 68.1 cm³/mol. The Morgan fingerprint density at radius 1 is 1.47 bits per heavy atom. The van der Waals surface area contributed by atoms with Crippen LogP contribution in [0.3, 0.4) is 0 Å². The molecule has 1 aliphatic rings. The van der Waals surface area contributed by atoms with Gasteiger partial charge in [-0.15, -0.1) is 0 Å². The zero-order valence-corrected chi connectivity index (χ0v) is 10.6. The van der Waals surface area contributed by atoms with Crippen molar-refractivity contribution in [1.82, 2.24) is 9.97 Å². The van der Waals surface area contributed by atoms with Crippen LogP contribution < -0.4 is 5.32 Å². The maximum Gasteiger partial charge on any atom is 0.223 e. The molecule has 94 valence electrons. The molecule has 1 aromatic heterocycles. The van der Waals surface area contributed by atoms with Crippen LogP contribution in [0.25, 0.3) is 0 Å². The van der Waals surface area contributed by atoms with Gasteiger partial charge in [-0.3, -0.25) is 0 Å². The van der Waals surface area contributed by atoms with E-state index in [0.29, 0.717) is 18.4 Å². The van der Waals surface area contributed by atoms with Gasteiger partial charge in [0.2, 0.25) is 5.95 Å². The molecule has 2 rings (SSSR count). The van der Waals surface area contributed by atoms with Crippen molar-refractivity contribution in [1.29, 1.82) is 0 Å². The van der Waals surface area contributed by atoms with Crippen LogP contribution in [0.1, 0.15) is 49.9 Å². The highest BCUT2D eigenvalue weighted by molar-refractivity contribution is 5.30. The van der Waals surface area contributed by atoms with Crippen LogP contribution in [-0.2, 0) is 0 Å². The molecule has 1 unspecified atom stereocenters. The van der Waals surface area contributed by atoms with Gasteiger partial charge in [-0.05, 0) is 32.3 Å². The quantitative estimate of drug-likeness (QED) is 0.821. The van der Waals surface area contributed by atoms with Crippen LogP contribution in [-0.4, -0.2) is 27.7 Å². The molecule has 0 aliphatic heterocycles. The van der Waals surface area contributed by atoms with E-state index < -0.39 is 0 Å². The van der Waals surface area contributed by atoms with E-state index in [-0.39, 0.29) is 6.10 Å². The first-order chi connectivity index (χ1) is 8.19. The van der Waals surface area contributed by atoms with Gasteiger partial charge in [-0.2, -0.15) is 0 Å². The van der Waals surface area contributed by atoms with Gasteiger partial charge in [0.1, 0.15) is 0 Å². The predicted octanol–water partition coefficient (Wildman–Crippen LogP) is 2.24. The fraction of sp³-hybridized carbons (Fsp3) is 0.692. The van der Waals surface area contributed by atoms with Gasteiger partial charge in [0.15, 0.2) is 0 Å². The Morgan fingerprint density at radius 3 is 2.82 bits per heavy atom. The van der Waals surface area contributed by atoms with Gasteiger partial charge in [-0.25, -0.2) is 9.97 Å². The summed E-state index contributed by atoms with van der Waals surface area (Å²) in [6.07, 6.45) is 4.21. The molecule has 1 aromatic rings. The molecule has 0 amide bonds. The summed E-state index contributed by atoms with van der Waals surface area (Å²) in [6, 6.07) is 2.07. The third-order valence-corrected chi connectivity index (χ3v) is 3.36. The molecule has 1 heterocycles. The number of aryl methyl sites for hydroxylation is 1. The highest BCUT2D eigenvalue weighted by atomic mass is 16.3. The van der Waals surface area contributed by atoms with Gasteiger partial charge in [0, 0.05) is 23.9 Å². The van der Waals surface area contributed by atoms with Crippen LogP contribution in [0.15, 0.2) is 6.07 Å². The average molecular weight is 235 g/mol. The van der Waals surface area contributed by atoms with Gasteiger partial charge >= 0.3 is 0 Å². The van der Waals surface area contributed by atoms with Crippen molar-refractivity contribution >= 4 is 5.95 Å². The first-order valence-corrected chi connectivity index (χ1v) is 6.46. The van der Waals surface area contributed by atoms with Crippen molar-refractivity contribution in [3.8, 4) is 0 Å². The maximum absolute atomic E-state index is 9.51. The summed E-state index contributed by atoms with van der Waals surface area (Å²) in [6.45, 7) is 4.47. The number of aromatic nitrogens is 2. The van der Waals surface area contributed by atoms with E-state index in [0.717, 1.165) is 17.8 Å². The highest BCUT2D eigenvalue weighted by Crippen LogP contribution is 2.35. The Kier molecular flexibility index (Phi) is 3.94. The molecule has 1 atom stereocenters. The standard InChI is InChI=1S/C13H21N3O/c1-3-11(17)8-14-13-15-9(2)7-12(16-13)10-5-4-6-10/h7,10-11,17H,3-6,8H2,1-2H3,(H,14,15,16). The lowest BCUT2D eigenvalue weighted by molar-refractivity contribution is 0.183. The number of nitrogens with zero attached hydrogens (tertiary/aromatic N) is 2. The van der Waals surface area contributed by atoms with Crippen molar-refractivity contribution in [2.75, 3.05) is 11.9 Å². The molecule has 17 heavy (non-hydrogen) atoms. The number of rotatable bonds is 5. The number of aliphatic hydroxyl groups excluding tert-OH is 1. The van der Waals surface area contributed by atoms with E-state index in [1.807, 2.05) is 13.8 Å². The smallest absolute Gasteiger partial charge is 0.223 e. The minimum Gasteiger partial charge on any atom is -0.391 e. The Balaban J connectivity index is 2.03. The fourth-order valence-corrected chi connectivity index (χ4v) is 1.94. The number of hydrogen-bond acceptors (Lipinski definition) is 4.